The van der Waals surface area contributed by atoms with E-state index in [-0.39, 0.29) is 12.1 Å². The van der Waals surface area contributed by atoms with Gasteiger partial charge in [0.05, 0.1) is 33.6 Å². The summed E-state index contributed by atoms with van der Waals surface area (Å²) in [6.07, 6.45) is 1.77. The summed E-state index contributed by atoms with van der Waals surface area (Å²) in [5.41, 5.74) is 1.87. The van der Waals surface area contributed by atoms with Gasteiger partial charge < -0.3 is 28.8 Å². The van der Waals surface area contributed by atoms with Crippen molar-refractivity contribution >= 4 is 11.7 Å². The predicted octanol–water partition coefficient (Wildman–Crippen LogP) is 5.31. The van der Waals surface area contributed by atoms with E-state index in [9.17, 15) is 4.79 Å². The molecule has 3 aromatic rings. The van der Waals surface area contributed by atoms with Crippen LogP contribution in [0.1, 0.15) is 29.9 Å². The largest absolute Gasteiger partial charge is 0.493 e. The number of carbonyl (C=O) groups excluding carboxylic acids is 1. The number of furan rings is 1. The zero-order valence-electron chi connectivity index (χ0n) is 21.5. The first kappa shape index (κ1) is 25.4. The molecule has 0 saturated carbocycles. The molecule has 0 bridgehead atoms. The van der Waals surface area contributed by atoms with Crippen LogP contribution in [-0.2, 0) is 13.1 Å². The Morgan fingerprint density at radius 1 is 1.00 bits per heavy atom. The van der Waals surface area contributed by atoms with Crippen molar-refractivity contribution in [3.63, 3.8) is 0 Å². The first-order valence-corrected chi connectivity index (χ1v) is 12.2. The number of aryl methyl sites for hydroxylation is 1. The number of likely N-dealkylation sites (tertiary alicyclic amines) is 1. The van der Waals surface area contributed by atoms with E-state index in [1.807, 2.05) is 30.0 Å². The van der Waals surface area contributed by atoms with E-state index in [1.165, 1.54) is 5.56 Å². The van der Waals surface area contributed by atoms with E-state index in [2.05, 4.69) is 34.5 Å². The van der Waals surface area contributed by atoms with Crippen molar-refractivity contribution in [2.45, 2.75) is 38.9 Å². The number of methoxy groups -OCH3 is 3. The maximum absolute atomic E-state index is 13.6. The van der Waals surface area contributed by atoms with Crippen LogP contribution >= 0.6 is 0 Å². The van der Waals surface area contributed by atoms with Crippen molar-refractivity contribution in [2.24, 2.45) is 0 Å². The van der Waals surface area contributed by atoms with Gasteiger partial charge in [-0.25, -0.2) is 4.79 Å². The van der Waals surface area contributed by atoms with Crippen molar-refractivity contribution < 1.29 is 23.4 Å². The van der Waals surface area contributed by atoms with Crippen molar-refractivity contribution in [2.75, 3.05) is 39.7 Å². The van der Waals surface area contributed by atoms with Crippen LogP contribution in [0.25, 0.3) is 0 Å². The van der Waals surface area contributed by atoms with E-state index in [0.29, 0.717) is 29.5 Å². The third-order valence-electron chi connectivity index (χ3n) is 6.55. The van der Waals surface area contributed by atoms with Crippen LogP contribution in [0, 0.1) is 6.92 Å². The average molecular weight is 494 g/mol. The fourth-order valence-electron chi connectivity index (χ4n) is 4.68. The molecule has 0 spiro atoms. The third-order valence-corrected chi connectivity index (χ3v) is 6.55. The Hall–Kier alpha value is -3.65. The average Bonchev–Trinajstić information content (AvgIpc) is 3.32. The Balaban J connectivity index is 1.49. The second kappa shape index (κ2) is 11.9. The Morgan fingerprint density at radius 3 is 2.22 bits per heavy atom. The summed E-state index contributed by atoms with van der Waals surface area (Å²) >= 11 is 0. The molecule has 1 aromatic heterocycles. The second-order valence-electron chi connectivity index (χ2n) is 8.98. The van der Waals surface area contributed by atoms with Crippen LogP contribution in [0.2, 0.25) is 0 Å². The summed E-state index contributed by atoms with van der Waals surface area (Å²) in [5, 5.41) is 3.03. The number of rotatable bonds is 9. The molecule has 0 radical (unpaired) electrons. The molecule has 1 fully saturated rings. The van der Waals surface area contributed by atoms with Gasteiger partial charge in [-0.2, -0.15) is 0 Å². The second-order valence-corrected chi connectivity index (χ2v) is 8.98. The lowest BCUT2D eigenvalue weighted by atomic mass is 10.0. The maximum atomic E-state index is 13.6. The lowest BCUT2D eigenvalue weighted by Gasteiger charge is -2.38. The van der Waals surface area contributed by atoms with Gasteiger partial charge >= 0.3 is 6.03 Å². The molecule has 1 N–H and O–H groups in total. The lowest BCUT2D eigenvalue weighted by Crippen LogP contribution is -2.48. The van der Waals surface area contributed by atoms with Crippen molar-refractivity contribution in [3.05, 3.63) is 71.7 Å². The molecule has 4 rings (SSSR count). The molecule has 36 heavy (non-hydrogen) atoms. The summed E-state index contributed by atoms with van der Waals surface area (Å²) in [6.45, 7) is 5.07. The Labute approximate surface area is 212 Å². The van der Waals surface area contributed by atoms with Crippen LogP contribution < -0.4 is 19.5 Å². The van der Waals surface area contributed by atoms with Gasteiger partial charge in [-0.3, -0.25) is 4.90 Å². The summed E-state index contributed by atoms with van der Waals surface area (Å²) in [7, 11) is 4.66. The standard InChI is InChI=1S/C28H35N3O5/c1-20-10-11-24(36-20)19-31(23-12-14-30(15-13-23)18-21-8-6-5-7-9-21)28(32)29-22-16-25(33-2)27(35-4)26(17-22)34-3/h5-11,16-17,23H,12-15,18-19H2,1-4H3,(H,29,32). The minimum absolute atomic E-state index is 0.0875. The number of benzene rings is 2. The first-order chi connectivity index (χ1) is 17.5. The highest BCUT2D eigenvalue weighted by Crippen LogP contribution is 2.40. The Morgan fingerprint density at radius 2 is 1.67 bits per heavy atom. The van der Waals surface area contributed by atoms with E-state index in [1.54, 1.807) is 33.5 Å². The molecule has 2 aromatic carbocycles. The molecule has 8 heteroatoms. The monoisotopic (exact) mass is 493 g/mol. The van der Waals surface area contributed by atoms with Gasteiger partial charge in [0.15, 0.2) is 11.5 Å². The van der Waals surface area contributed by atoms with Crippen LogP contribution in [0.5, 0.6) is 17.2 Å². The topological polar surface area (TPSA) is 76.4 Å². The van der Waals surface area contributed by atoms with Crippen LogP contribution in [0.4, 0.5) is 10.5 Å². The highest BCUT2D eigenvalue weighted by atomic mass is 16.5. The van der Waals surface area contributed by atoms with Gasteiger partial charge in [-0.1, -0.05) is 30.3 Å². The summed E-state index contributed by atoms with van der Waals surface area (Å²) in [6, 6.07) is 17.7. The van der Waals surface area contributed by atoms with E-state index >= 15 is 0 Å². The summed E-state index contributed by atoms with van der Waals surface area (Å²) in [5.74, 6) is 3.03. The minimum Gasteiger partial charge on any atom is -0.493 e. The van der Waals surface area contributed by atoms with Gasteiger partial charge in [0.1, 0.15) is 11.5 Å². The third kappa shape index (κ3) is 6.12. The van der Waals surface area contributed by atoms with Gasteiger partial charge in [-0.15, -0.1) is 0 Å². The van der Waals surface area contributed by atoms with Gasteiger partial charge in [0.2, 0.25) is 5.75 Å². The zero-order chi connectivity index (χ0) is 25.5. The summed E-state index contributed by atoms with van der Waals surface area (Å²) < 4.78 is 22.1. The van der Waals surface area contributed by atoms with Crippen molar-refractivity contribution in [1.82, 2.24) is 9.80 Å². The molecule has 1 aliphatic rings. The zero-order valence-corrected chi connectivity index (χ0v) is 21.5. The number of nitrogens with zero attached hydrogens (tertiary/aromatic N) is 2. The molecule has 0 unspecified atom stereocenters. The Kier molecular flexibility index (Phi) is 8.38. The van der Waals surface area contributed by atoms with Gasteiger partial charge in [-0.05, 0) is 37.5 Å². The highest BCUT2D eigenvalue weighted by molar-refractivity contribution is 5.90. The fraction of sp³-hybridized carbons (Fsp3) is 0.393. The molecular formula is C28H35N3O5. The number of carbonyl (C=O) groups is 1. The number of urea groups is 1. The number of anilines is 1. The fourth-order valence-corrected chi connectivity index (χ4v) is 4.68. The van der Waals surface area contributed by atoms with E-state index < -0.39 is 0 Å². The first-order valence-electron chi connectivity index (χ1n) is 12.2. The molecular weight excluding hydrogens is 458 g/mol. The number of nitrogens with one attached hydrogen (secondary N) is 1. The van der Waals surface area contributed by atoms with Gasteiger partial charge in [0, 0.05) is 37.8 Å². The van der Waals surface area contributed by atoms with Crippen LogP contribution in [0.3, 0.4) is 0 Å². The molecule has 0 atom stereocenters. The quantitative estimate of drug-likeness (QED) is 0.435. The maximum Gasteiger partial charge on any atom is 0.322 e. The number of hydrogen-bond acceptors (Lipinski definition) is 6. The summed E-state index contributed by atoms with van der Waals surface area (Å²) in [4.78, 5) is 17.9. The minimum atomic E-state index is -0.195. The molecule has 0 aliphatic carbocycles. The molecule has 1 saturated heterocycles. The number of piperidine rings is 1. The number of ether oxygens (including phenoxy) is 3. The molecule has 192 valence electrons. The van der Waals surface area contributed by atoms with Crippen LogP contribution in [-0.4, -0.2) is 56.3 Å². The SMILES string of the molecule is COc1cc(NC(=O)N(Cc2ccc(C)o2)C2CCN(Cc3ccccc3)CC2)cc(OC)c1OC. The Bertz CT molecular complexity index is 1110. The predicted molar refractivity (Wildman–Crippen MR) is 139 cm³/mol. The molecule has 1 aliphatic heterocycles. The van der Waals surface area contributed by atoms with Gasteiger partial charge in [0.25, 0.3) is 0 Å². The molecule has 8 nitrogen and oxygen atoms in total. The number of amides is 2. The van der Waals surface area contributed by atoms with E-state index in [0.717, 1.165) is 44.0 Å². The van der Waals surface area contributed by atoms with Crippen molar-refractivity contribution in [3.8, 4) is 17.2 Å². The lowest BCUT2D eigenvalue weighted by molar-refractivity contribution is 0.115. The van der Waals surface area contributed by atoms with Crippen molar-refractivity contribution in [1.29, 1.82) is 0 Å². The van der Waals surface area contributed by atoms with Crippen LogP contribution in [0.15, 0.2) is 59.0 Å². The normalized spacial score (nSPS) is 14.3. The van der Waals surface area contributed by atoms with E-state index in [4.69, 9.17) is 18.6 Å². The molecule has 2 amide bonds. The number of hydrogen-bond donors (Lipinski definition) is 1. The smallest absolute Gasteiger partial charge is 0.322 e. The highest BCUT2D eigenvalue weighted by Gasteiger charge is 2.29. The molecule has 2 heterocycles.